The molecule has 0 rings (SSSR count). The van der Waals surface area contributed by atoms with Crippen molar-refractivity contribution in [3.8, 4) is 0 Å². The van der Waals surface area contributed by atoms with Gasteiger partial charge in [0.05, 0.1) is 7.11 Å². The SMILES string of the molecule is CCC=CCC=CCC=CCC=CCC=CCC(C)CC(=O)OC. The van der Waals surface area contributed by atoms with Gasteiger partial charge in [-0.15, -0.1) is 0 Å². The number of carbonyl (C=O) groups excluding carboxylic acids is 1. The number of methoxy groups -OCH3 is 1. The van der Waals surface area contributed by atoms with Crippen LogP contribution in [-0.4, -0.2) is 13.1 Å². The van der Waals surface area contributed by atoms with Gasteiger partial charge in [-0.1, -0.05) is 74.6 Å². The first kappa shape index (κ1) is 22.2. The number of allylic oxidation sites excluding steroid dienone is 10. The maximum Gasteiger partial charge on any atom is 0.305 e. The Morgan fingerprint density at radius 1 is 0.792 bits per heavy atom. The first-order chi connectivity index (χ1) is 11.7. The Morgan fingerprint density at radius 2 is 1.21 bits per heavy atom. The van der Waals surface area contributed by atoms with Crippen LogP contribution in [0.3, 0.4) is 0 Å². The van der Waals surface area contributed by atoms with Gasteiger partial charge in [0, 0.05) is 6.42 Å². The zero-order valence-electron chi connectivity index (χ0n) is 15.6. The van der Waals surface area contributed by atoms with E-state index < -0.39 is 0 Å². The lowest BCUT2D eigenvalue weighted by molar-refractivity contribution is -0.141. The minimum atomic E-state index is -0.130. The van der Waals surface area contributed by atoms with Crippen molar-refractivity contribution in [1.82, 2.24) is 0 Å². The molecule has 0 aromatic rings. The molecule has 2 heteroatoms. The van der Waals surface area contributed by atoms with Gasteiger partial charge >= 0.3 is 5.97 Å². The first-order valence-electron chi connectivity index (χ1n) is 9.02. The van der Waals surface area contributed by atoms with E-state index in [-0.39, 0.29) is 5.97 Å². The van der Waals surface area contributed by atoms with Gasteiger partial charge in [-0.25, -0.2) is 0 Å². The number of ether oxygens (including phenoxy) is 1. The molecule has 0 bridgehead atoms. The highest BCUT2D eigenvalue weighted by Gasteiger charge is 2.06. The molecule has 0 aromatic heterocycles. The van der Waals surface area contributed by atoms with Crippen LogP contribution in [0, 0.1) is 5.92 Å². The molecule has 0 aliphatic heterocycles. The van der Waals surface area contributed by atoms with Gasteiger partial charge in [0.15, 0.2) is 0 Å². The highest BCUT2D eigenvalue weighted by molar-refractivity contribution is 5.69. The Hall–Kier alpha value is -1.83. The number of hydrogen-bond acceptors (Lipinski definition) is 2. The molecule has 0 aliphatic carbocycles. The molecule has 0 radical (unpaired) electrons. The van der Waals surface area contributed by atoms with Crippen molar-refractivity contribution in [3.05, 3.63) is 60.8 Å². The molecule has 0 amide bonds. The van der Waals surface area contributed by atoms with E-state index in [1.807, 2.05) is 0 Å². The highest BCUT2D eigenvalue weighted by Crippen LogP contribution is 2.09. The quantitative estimate of drug-likeness (QED) is 0.291. The average molecular weight is 331 g/mol. The van der Waals surface area contributed by atoms with Crippen molar-refractivity contribution >= 4 is 5.97 Å². The third-order valence-electron chi connectivity index (χ3n) is 3.44. The summed E-state index contributed by atoms with van der Waals surface area (Å²) in [5.41, 5.74) is 0. The summed E-state index contributed by atoms with van der Waals surface area (Å²) in [6.07, 6.45) is 28.4. The summed E-state index contributed by atoms with van der Waals surface area (Å²) in [4.78, 5) is 11.1. The lowest BCUT2D eigenvalue weighted by Crippen LogP contribution is -2.06. The Kier molecular flexibility index (Phi) is 16.2. The summed E-state index contributed by atoms with van der Waals surface area (Å²) in [6, 6.07) is 0. The molecular weight excluding hydrogens is 296 g/mol. The van der Waals surface area contributed by atoms with E-state index in [1.54, 1.807) is 0 Å². The van der Waals surface area contributed by atoms with Crippen LogP contribution in [0.4, 0.5) is 0 Å². The molecule has 24 heavy (non-hydrogen) atoms. The van der Waals surface area contributed by atoms with E-state index in [2.05, 4.69) is 79.3 Å². The van der Waals surface area contributed by atoms with E-state index in [9.17, 15) is 4.79 Å². The Bertz CT molecular complexity index is 439. The highest BCUT2D eigenvalue weighted by atomic mass is 16.5. The van der Waals surface area contributed by atoms with Gasteiger partial charge in [-0.05, 0) is 44.4 Å². The fourth-order valence-electron chi connectivity index (χ4n) is 2.03. The molecule has 0 N–H and O–H groups in total. The summed E-state index contributed by atoms with van der Waals surface area (Å²) >= 11 is 0. The molecule has 0 saturated carbocycles. The van der Waals surface area contributed by atoms with Gasteiger partial charge in [-0.2, -0.15) is 0 Å². The first-order valence-corrected chi connectivity index (χ1v) is 9.02. The van der Waals surface area contributed by atoms with Crippen LogP contribution in [0.5, 0.6) is 0 Å². The van der Waals surface area contributed by atoms with Crippen LogP contribution < -0.4 is 0 Å². The fraction of sp³-hybridized carbons (Fsp3) is 0.500. The minimum Gasteiger partial charge on any atom is -0.469 e. The second kappa shape index (κ2) is 17.5. The molecule has 0 aliphatic rings. The Balaban J connectivity index is 3.61. The molecule has 134 valence electrons. The van der Waals surface area contributed by atoms with Crippen molar-refractivity contribution in [2.75, 3.05) is 7.11 Å². The zero-order valence-corrected chi connectivity index (χ0v) is 15.6. The molecule has 0 heterocycles. The Morgan fingerprint density at radius 3 is 1.62 bits per heavy atom. The number of carbonyl (C=O) groups is 1. The average Bonchev–Trinajstić information content (AvgIpc) is 2.58. The van der Waals surface area contributed by atoms with Crippen LogP contribution in [0.1, 0.15) is 58.8 Å². The third kappa shape index (κ3) is 16.5. The monoisotopic (exact) mass is 330 g/mol. The van der Waals surface area contributed by atoms with Crippen LogP contribution >= 0.6 is 0 Å². The van der Waals surface area contributed by atoms with Crippen LogP contribution in [0.15, 0.2) is 60.8 Å². The summed E-state index contributed by atoms with van der Waals surface area (Å²) < 4.78 is 4.66. The fourth-order valence-corrected chi connectivity index (χ4v) is 2.03. The van der Waals surface area contributed by atoms with E-state index in [0.717, 1.165) is 38.5 Å². The normalized spacial score (nSPS) is 14.0. The van der Waals surface area contributed by atoms with Gasteiger partial charge in [0.2, 0.25) is 0 Å². The summed E-state index contributed by atoms with van der Waals surface area (Å²) in [6.45, 7) is 4.22. The lowest BCUT2D eigenvalue weighted by Gasteiger charge is -2.05. The van der Waals surface area contributed by atoms with Gasteiger partial charge in [0.25, 0.3) is 0 Å². The maximum atomic E-state index is 11.1. The molecule has 1 unspecified atom stereocenters. The second-order valence-electron chi connectivity index (χ2n) is 5.83. The summed E-state index contributed by atoms with van der Waals surface area (Å²) in [5, 5.41) is 0. The van der Waals surface area contributed by atoms with E-state index in [0.29, 0.717) is 12.3 Å². The number of rotatable bonds is 13. The van der Waals surface area contributed by atoms with Crippen molar-refractivity contribution in [1.29, 1.82) is 0 Å². The maximum absolute atomic E-state index is 11.1. The molecule has 0 saturated heterocycles. The minimum absolute atomic E-state index is 0.130. The molecule has 0 spiro atoms. The topological polar surface area (TPSA) is 26.3 Å². The van der Waals surface area contributed by atoms with Crippen LogP contribution in [0.25, 0.3) is 0 Å². The standard InChI is InChI=1S/C22H34O2/c1-4-5-6-7-8-9-10-11-12-13-14-15-16-17-18-19-21(2)20-22(23)24-3/h5-6,8-9,11-12,14-15,17-18,21H,4,7,10,13,16,19-20H2,1-3H3. The van der Waals surface area contributed by atoms with Gasteiger partial charge in [0.1, 0.15) is 0 Å². The molecule has 1 atom stereocenters. The van der Waals surface area contributed by atoms with E-state index in [4.69, 9.17) is 0 Å². The third-order valence-corrected chi connectivity index (χ3v) is 3.44. The predicted molar refractivity (Wildman–Crippen MR) is 105 cm³/mol. The van der Waals surface area contributed by atoms with Crippen molar-refractivity contribution in [3.63, 3.8) is 0 Å². The van der Waals surface area contributed by atoms with E-state index >= 15 is 0 Å². The predicted octanol–water partition coefficient (Wildman–Crippen LogP) is 6.33. The molecule has 0 aromatic carbocycles. The van der Waals surface area contributed by atoms with E-state index in [1.165, 1.54) is 7.11 Å². The van der Waals surface area contributed by atoms with Crippen molar-refractivity contribution < 1.29 is 9.53 Å². The van der Waals surface area contributed by atoms with Gasteiger partial charge < -0.3 is 4.74 Å². The molecule has 2 nitrogen and oxygen atoms in total. The largest absolute Gasteiger partial charge is 0.469 e. The molecule has 0 fully saturated rings. The second-order valence-corrected chi connectivity index (χ2v) is 5.83. The van der Waals surface area contributed by atoms with Gasteiger partial charge in [-0.3, -0.25) is 4.79 Å². The summed E-state index contributed by atoms with van der Waals surface area (Å²) in [5.74, 6) is 0.209. The van der Waals surface area contributed by atoms with Crippen molar-refractivity contribution in [2.24, 2.45) is 5.92 Å². The number of hydrogen-bond donors (Lipinski definition) is 0. The zero-order chi connectivity index (χ0) is 17.9. The van der Waals surface area contributed by atoms with Crippen LogP contribution in [0.2, 0.25) is 0 Å². The lowest BCUT2D eigenvalue weighted by atomic mass is 10.0. The van der Waals surface area contributed by atoms with Crippen molar-refractivity contribution in [2.45, 2.75) is 58.8 Å². The number of esters is 1. The van der Waals surface area contributed by atoms with Crippen LogP contribution in [-0.2, 0) is 9.53 Å². The molecular formula is C22H34O2. The smallest absolute Gasteiger partial charge is 0.305 e. The summed E-state index contributed by atoms with van der Waals surface area (Å²) in [7, 11) is 1.44. The Labute approximate surface area is 148 Å².